The van der Waals surface area contributed by atoms with Crippen molar-refractivity contribution >= 4 is 23.4 Å². The van der Waals surface area contributed by atoms with E-state index in [1.165, 1.54) is 12.3 Å². The first kappa shape index (κ1) is 11.1. The third-order valence-corrected chi connectivity index (χ3v) is 1.85. The molecule has 0 aliphatic carbocycles. The number of halogens is 1. The van der Waals surface area contributed by atoms with Crippen LogP contribution in [0, 0.1) is 21.4 Å². The standard InChI is InChI=1S/C9H6ClN3O2/c10-9-8(13(14)15)5-7(6-12-9)3-1-2-4-11/h1,3,5-6H,2H2. The van der Waals surface area contributed by atoms with Crippen LogP contribution in [0.2, 0.25) is 5.15 Å². The Kier molecular flexibility index (Phi) is 3.77. The summed E-state index contributed by atoms with van der Waals surface area (Å²) in [6, 6.07) is 3.23. The molecule has 5 nitrogen and oxygen atoms in total. The molecule has 0 saturated heterocycles. The molecule has 0 aliphatic heterocycles. The van der Waals surface area contributed by atoms with Crippen LogP contribution < -0.4 is 0 Å². The highest BCUT2D eigenvalue weighted by atomic mass is 35.5. The van der Waals surface area contributed by atoms with Crippen molar-refractivity contribution in [2.45, 2.75) is 6.42 Å². The number of nitro groups is 1. The second-order valence-electron chi connectivity index (χ2n) is 2.60. The number of rotatable bonds is 3. The molecule has 1 heterocycles. The molecule has 0 aliphatic rings. The van der Waals surface area contributed by atoms with Gasteiger partial charge in [0.25, 0.3) is 0 Å². The van der Waals surface area contributed by atoms with E-state index in [0.717, 1.165) is 0 Å². The molecule has 0 unspecified atom stereocenters. The van der Waals surface area contributed by atoms with E-state index in [-0.39, 0.29) is 17.3 Å². The number of aromatic nitrogens is 1. The maximum atomic E-state index is 10.5. The summed E-state index contributed by atoms with van der Waals surface area (Å²) in [4.78, 5) is 13.6. The van der Waals surface area contributed by atoms with Crippen molar-refractivity contribution in [2.24, 2.45) is 0 Å². The molecule has 0 radical (unpaired) electrons. The fourth-order valence-electron chi connectivity index (χ4n) is 0.919. The van der Waals surface area contributed by atoms with Gasteiger partial charge in [-0.1, -0.05) is 23.8 Å². The van der Waals surface area contributed by atoms with E-state index in [2.05, 4.69) is 4.98 Å². The minimum Gasteiger partial charge on any atom is -0.258 e. The first-order chi connectivity index (χ1) is 7.15. The van der Waals surface area contributed by atoms with Gasteiger partial charge < -0.3 is 0 Å². The lowest BCUT2D eigenvalue weighted by molar-refractivity contribution is -0.385. The Morgan fingerprint density at radius 2 is 2.47 bits per heavy atom. The molecule has 0 N–H and O–H groups in total. The Labute approximate surface area is 90.8 Å². The van der Waals surface area contributed by atoms with Gasteiger partial charge in [0.2, 0.25) is 5.15 Å². The summed E-state index contributed by atoms with van der Waals surface area (Å²) in [6.07, 6.45) is 4.83. The highest BCUT2D eigenvalue weighted by Crippen LogP contribution is 2.22. The van der Waals surface area contributed by atoms with Gasteiger partial charge in [-0.3, -0.25) is 10.1 Å². The molecule has 0 saturated carbocycles. The summed E-state index contributed by atoms with van der Waals surface area (Å²) in [5.74, 6) is 0. The van der Waals surface area contributed by atoms with Crippen molar-refractivity contribution in [1.82, 2.24) is 4.98 Å². The van der Waals surface area contributed by atoms with Crippen molar-refractivity contribution in [2.75, 3.05) is 0 Å². The van der Waals surface area contributed by atoms with E-state index < -0.39 is 4.92 Å². The van der Waals surface area contributed by atoms with Crippen LogP contribution in [0.25, 0.3) is 6.08 Å². The summed E-state index contributed by atoms with van der Waals surface area (Å²) in [5.41, 5.74) is 0.303. The van der Waals surface area contributed by atoms with E-state index in [0.29, 0.717) is 5.56 Å². The summed E-state index contributed by atoms with van der Waals surface area (Å²) in [7, 11) is 0. The van der Waals surface area contributed by atoms with Crippen LogP contribution in [-0.2, 0) is 0 Å². The fraction of sp³-hybridized carbons (Fsp3) is 0.111. The second-order valence-corrected chi connectivity index (χ2v) is 2.96. The van der Waals surface area contributed by atoms with Gasteiger partial charge >= 0.3 is 5.69 Å². The van der Waals surface area contributed by atoms with Crippen molar-refractivity contribution in [3.63, 3.8) is 0 Å². The van der Waals surface area contributed by atoms with Crippen molar-refractivity contribution < 1.29 is 4.92 Å². The van der Waals surface area contributed by atoms with Crippen LogP contribution in [0.1, 0.15) is 12.0 Å². The second kappa shape index (κ2) is 5.08. The average Bonchev–Trinajstić information content (AvgIpc) is 2.20. The van der Waals surface area contributed by atoms with Crippen molar-refractivity contribution in [1.29, 1.82) is 5.26 Å². The Bertz CT molecular complexity index is 451. The predicted molar refractivity (Wildman–Crippen MR) is 55.2 cm³/mol. The van der Waals surface area contributed by atoms with Gasteiger partial charge in [0.05, 0.1) is 17.4 Å². The predicted octanol–water partition coefficient (Wildman–Crippen LogP) is 2.57. The lowest BCUT2D eigenvalue weighted by Crippen LogP contribution is -1.91. The van der Waals surface area contributed by atoms with E-state index in [9.17, 15) is 10.1 Å². The Morgan fingerprint density at radius 1 is 1.73 bits per heavy atom. The van der Waals surface area contributed by atoms with Gasteiger partial charge in [0.1, 0.15) is 0 Å². The normalized spacial score (nSPS) is 10.1. The molecule has 76 valence electrons. The number of allylic oxidation sites excluding steroid dienone is 1. The van der Waals surface area contributed by atoms with Crippen molar-refractivity contribution in [3.05, 3.63) is 39.2 Å². The monoisotopic (exact) mass is 223 g/mol. The summed E-state index contributed by atoms with van der Waals surface area (Å²) >= 11 is 5.52. The third-order valence-electron chi connectivity index (χ3n) is 1.56. The minimum absolute atomic E-state index is 0.141. The lowest BCUT2D eigenvalue weighted by atomic mass is 10.2. The topological polar surface area (TPSA) is 79.8 Å². The van der Waals surface area contributed by atoms with Crippen LogP contribution in [0.15, 0.2) is 18.3 Å². The molecule has 0 amide bonds. The highest BCUT2D eigenvalue weighted by Gasteiger charge is 2.12. The van der Waals surface area contributed by atoms with Gasteiger partial charge in [-0.05, 0) is 5.56 Å². The molecular weight excluding hydrogens is 218 g/mol. The largest absolute Gasteiger partial charge is 0.307 e. The molecule has 0 aromatic carbocycles. The number of nitriles is 1. The Balaban J connectivity index is 2.98. The van der Waals surface area contributed by atoms with Crippen LogP contribution in [0.4, 0.5) is 5.69 Å². The molecule has 0 spiro atoms. The summed E-state index contributed by atoms with van der Waals surface area (Å²) < 4.78 is 0. The molecule has 1 rings (SSSR count). The van der Waals surface area contributed by atoms with Crippen molar-refractivity contribution in [3.8, 4) is 6.07 Å². The number of hydrogen-bond acceptors (Lipinski definition) is 4. The number of nitrogens with zero attached hydrogens (tertiary/aromatic N) is 3. The first-order valence-electron chi connectivity index (χ1n) is 3.98. The maximum Gasteiger partial charge on any atom is 0.307 e. The Hall–Kier alpha value is -1.93. The summed E-state index contributed by atoms with van der Waals surface area (Å²) in [6.45, 7) is 0. The molecule has 0 bridgehead atoms. The van der Waals surface area contributed by atoms with Gasteiger partial charge in [-0.25, -0.2) is 4.98 Å². The average molecular weight is 224 g/mol. The molecule has 0 atom stereocenters. The quantitative estimate of drug-likeness (QED) is 0.448. The first-order valence-corrected chi connectivity index (χ1v) is 4.36. The van der Waals surface area contributed by atoms with Crippen LogP contribution in [0.3, 0.4) is 0 Å². The molecular formula is C9H6ClN3O2. The van der Waals surface area contributed by atoms with E-state index in [1.807, 2.05) is 6.07 Å². The molecule has 0 fully saturated rings. The van der Waals surface area contributed by atoms with E-state index in [1.54, 1.807) is 12.2 Å². The zero-order chi connectivity index (χ0) is 11.3. The molecule has 1 aromatic heterocycles. The lowest BCUT2D eigenvalue weighted by Gasteiger charge is -1.95. The number of pyridine rings is 1. The zero-order valence-corrected chi connectivity index (χ0v) is 8.31. The fourth-order valence-corrected chi connectivity index (χ4v) is 1.09. The SMILES string of the molecule is N#CCC=Cc1cnc(Cl)c([N+](=O)[O-])c1. The maximum absolute atomic E-state index is 10.5. The molecule has 15 heavy (non-hydrogen) atoms. The van der Waals surface area contributed by atoms with Crippen LogP contribution in [-0.4, -0.2) is 9.91 Å². The highest BCUT2D eigenvalue weighted by molar-refractivity contribution is 6.31. The van der Waals surface area contributed by atoms with Gasteiger partial charge in [-0.2, -0.15) is 5.26 Å². The van der Waals surface area contributed by atoms with Gasteiger partial charge in [-0.15, -0.1) is 0 Å². The Morgan fingerprint density at radius 3 is 3.07 bits per heavy atom. The molecule has 6 heteroatoms. The van der Waals surface area contributed by atoms with Gasteiger partial charge in [0.15, 0.2) is 0 Å². The summed E-state index contributed by atoms with van der Waals surface area (Å²) in [5, 5.41) is 18.7. The van der Waals surface area contributed by atoms with E-state index >= 15 is 0 Å². The minimum atomic E-state index is -0.600. The molecule has 1 aromatic rings. The van der Waals surface area contributed by atoms with Crippen LogP contribution in [0.5, 0.6) is 0 Å². The zero-order valence-electron chi connectivity index (χ0n) is 7.55. The van der Waals surface area contributed by atoms with E-state index in [4.69, 9.17) is 16.9 Å². The smallest absolute Gasteiger partial charge is 0.258 e. The third kappa shape index (κ3) is 3.04. The van der Waals surface area contributed by atoms with Gasteiger partial charge in [0, 0.05) is 12.3 Å². The van der Waals surface area contributed by atoms with Crippen LogP contribution >= 0.6 is 11.6 Å². The number of hydrogen-bond donors (Lipinski definition) is 0.